The van der Waals surface area contributed by atoms with Crippen molar-refractivity contribution in [3.8, 4) is 23.8 Å². The zero-order chi connectivity index (χ0) is 21.0. The summed E-state index contributed by atoms with van der Waals surface area (Å²) in [7, 11) is 1.56. The Morgan fingerprint density at radius 2 is 1.93 bits per heavy atom. The summed E-state index contributed by atoms with van der Waals surface area (Å²) in [5.74, 6) is 3.12. The molecule has 3 rings (SSSR count). The summed E-state index contributed by atoms with van der Waals surface area (Å²) < 4.78 is 13.5. The Morgan fingerprint density at radius 1 is 1.21 bits per heavy atom. The maximum Gasteiger partial charge on any atom is 0.294 e. The van der Waals surface area contributed by atoms with Gasteiger partial charge >= 0.3 is 0 Å². The third kappa shape index (κ3) is 5.26. The van der Waals surface area contributed by atoms with Crippen molar-refractivity contribution in [1.82, 2.24) is 4.90 Å². The van der Waals surface area contributed by atoms with Crippen molar-refractivity contribution in [2.75, 3.05) is 13.7 Å². The Balaban J connectivity index is 1.83. The van der Waals surface area contributed by atoms with E-state index in [0.29, 0.717) is 23.0 Å². The van der Waals surface area contributed by atoms with E-state index in [1.54, 1.807) is 19.3 Å². The maximum absolute atomic E-state index is 12.4. The number of halogens is 2. The van der Waals surface area contributed by atoms with Gasteiger partial charge in [-0.05, 0) is 98.4 Å². The quantitative estimate of drug-likeness (QED) is 0.251. The van der Waals surface area contributed by atoms with Gasteiger partial charge in [0.05, 0.1) is 22.1 Å². The summed E-state index contributed by atoms with van der Waals surface area (Å²) in [6.07, 6.45) is 6.89. The van der Waals surface area contributed by atoms with Crippen LogP contribution in [0.5, 0.6) is 11.5 Å². The Morgan fingerprint density at radius 3 is 2.59 bits per heavy atom. The van der Waals surface area contributed by atoms with E-state index in [0.717, 1.165) is 34.9 Å². The summed E-state index contributed by atoms with van der Waals surface area (Å²) in [5, 5.41) is -0.363. The second-order valence-electron chi connectivity index (χ2n) is 5.92. The molecule has 1 heterocycles. The SMILES string of the molecule is C#CCN1C(=O)S/C(=C/c2cc(I)c(OCc3ccc(I)cc3)c(OC)c2)C1=O. The standard InChI is InChI=1S/C21H15I2NO4S/c1-3-8-24-20(25)18(29-21(24)26)11-14-9-16(23)19(17(10-14)27-2)28-12-13-4-6-15(22)7-5-13/h1,4-7,9-11H,8,12H2,2H3/b18-11+. The number of amides is 2. The summed E-state index contributed by atoms with van der Waals surface area (Å²) >= 11 is 5.30. The average molecular weight is 631 g/mol. The number of methoxy groups -OCH3 is 1. The van der Waals surface area contributed by atoms with Crippen LogP contribution in [0.3, 0.4) is 0 Å². The summed E-state index contributed by atoms with van der Waals surface area (Å²) in [6.45, 7) is 0.377. The van der Waals surface area contributed by atoms with Gasteiger partial charge in [0.1, 0.15) is 6.61 Å². The van der Waals surface area contributed by atoms with Crippen molar-refractivity contribution in [3.63, 3.8) is 0 Å². The van der Waals surface area contributed by atoms with Crippen molar-refractivity contribution in [3.05, 3.63) is 59.6 Å². The molecule has 29 heavy (non-hydrogen) atoms. The monoisotopic (exact) mass is 631 g/mol. The smallest absolute Gasteiger partial charge is 0.294 e. The molecule has 0 unspecified atom stereocenters. The van der Waals surface area contributed by atoms with Gasteiger partial charge < -0.3 is 9.47 Å². The van der Waals surface area contributed by atoms with Gasteiger partial charge in [0.25, 0.3) is 11.1 Å². The van der Waals surface area contributed by atoms with Crippen LogP contribution in [0.4, 0.5) is 4.79 Å². The highest BCUT2D eigenvalue weighted by Crippen LogP contribution is 2.37. The van der Waals surface area contributed by atoms with Crippen LogP contribution in [0.15, 0.2) is 41.3 Å². The first-order valence-electron chi connectivity index (χ1n) is 8.36. The Labute approximate surface area is 200 Å². The van der Waals surface area contributed by atoms with E-state index in [1.165, 1.54) is 0 Å². The van der Waals surface area contributed by atoms with Gasteiger partial charge in [-0.15, -0.1) is 6.42 Å². The van der Waals surface area contributed by atoms with Crippen molar-refractivity contribution < 1.29 is 19.1 Å². The summed E-state index contributed by atoms with van der Waals surface area (Å²) in [4.78, 5) is 25.7. The number of rotatable bonds is 6. The minimum atomic E-state index is -0.383. The number of hydrogen-bond acceptors (Lipinski definition) is 5. The molecule has 0 aliphatic carbocycles. The van der Waals surface area contributed by atoms with E-state index in [2.05, 4.69) is 51.1 Å². The lowest BCUT2D eigenvalue weighted by atomic mass is 10.1. The van der Waals surface area contributed by atoms with Crippen LogP contribution in [0.2, 0.25) is 0 Å². The highest BCUT2D eigenvalue weighted by Gasteiger charge is 2.34. The molecule has 0 saturated carbocycles. The molecular weight excluding hydrogens is 616 g/mol. The van der Waals surface area contributed by atoms with E-state index < -0.39 is 0 Å². The molecule has 1 aliphatic heterocycles. The molecule has 8 heteroatoms. The van der Waals surface area contributed by atoms with E-state index in [-0.39, 0.29) is 17.7 Å². The zero-order valence-corrected chi connectivity index (χ0v) is 20.4. The first-order chi connectivity index (χ1) is 13.9. The fraction of sp³-hybridized carbons (Fsp3) is 0.143. The highest BCUT2D eigenvalue weighted by atomic mass is 127. The molecule has 1 aliphatic rings. The second kappa shape index (κ2) is 9.86. The van der Waals surface area contributed by atoms with Crippen LogP contribution < -0.4 is 9.47 Å². The molecular formula is C21H15I2NO4S. The van der Waals surface area contributed by atoms with Crippen molar-refractivity contribution in [2.24, 2.45) is 0 Å². The molecule has 1 saturated heterocycles. The molecule has 0 radical (unpaired) electrons. The van der Waals surface area contributed by atoms with E-state index in [4.69, 9.17) is 15.9 Å². The number of imide groups is 1. The normalized spacial score (nSPS) is 15.0. The largest absolute Gasteiger partial charge is 0.493 e. The summed E-state index contributed by atoms with van der Waals surface area (Å²) in [5.41, 5.74) is 1.79. The van der Waals surface area contributed by atoms with Gasteiger partial charge in [-0.1, -0.05) is 18.1 Å². The number of ether oxygens (including phenoxy) is 2. The first kappa shape index (κ1) is 22.0. The van der Waals surface area contributed by atoms with Crippen LogP contribution in [-0.4, -0.2) is 29.7 Å². The Bertz CT molecular complexity index is 1030. The van der Waals surface area contributed by atoms with Crippen LogP contribution in [-0.2, 0) is 11.4 Å². The molecule has 2 amide bonds. The van der Waals surface area contributed by atoms with Crippen LogP contribution >= 0.6 is 56.9 Å². The number of benzene rings is 2. The van der Waals surface area contributed by atoms with Crippen LogP contribution in [0.1, 0.15) is 11.1 Å². The predicted molar refractivity (Wildman–Crippen MR) is 131 cm³/mol. The first-order valence-corrected chi connectivity index (χ1v) is 11.3. The molecule has 0 N–H and O–H groups in total. The molecule has 5 nitrogen and oxygen atoms in total. The number of thioether (sulfide) groups is 1. The highest BCUT2D eigenvalue weighted by molar-refractivity contribution is 14.1. The predicted octanol–water partition coefficient (Wildman–Crippen LogP) is 5.15. The van der Waals surface area contributed by atoms with Gasteiger partial charge in [0, 0.05) is 3.57 Å². The third-order valence-electron chi connectivity index (χ3n) is 3.97. The average Bonchev–Trinajstić information content (AvgIpc) is 2.96. The molecule has 0 bridgehead atoms. The minimum Gasteiger partial charge on any atom is -0.493 e. The molecule has 2 aromatic carbocycles. The van der Waals surface area contributed by atoms with E-state index in [1.807, 2.05) is 30.3 Å². The molecule has 1 fully saturated rings. The fourth-order valence-corrected chi connectivity index (χ4v) is 4.56. The molecule has 0 atom stereocenters. The van der Waals surface area contributed by atoms with Gasteiger partial charge in [-0.3, -0.25) is 14.5 Å². The van der Waals surface area contributed by atoms with Crippen LogP contribution in [0, 0.1) is 19.5 Å². The number of carbonyl (C=O) groups is 2. The van der Waals surface area contributed by atoms with Gasteiger partial charge in [0.2, 0.25) is 0 Å². The minimum absolute atomic E-state index is 0.0336. The molecule has 2 aromatic rings. The van der Waals surface area contributed by atoms with E-state index >= 15 is 0 Å². The summed E-state index contributed by atoms with van der Waals surface area (Å²) in [6, 6.07) is 11.7. The van der Waals surface area contributed by atoms with Gasteiger partial charge in [-0.2, -0.15) is 0 Å². The van der Waals surface area contributed by atoms with Crippen molar-refractivity contribution in [1.29, 1.82) is 0 Å². The zero-order valence-electron chi connectivity index (χ0n) is 15.3. The Hall–Kier alpha value is -1.71. The van der Waals surface area contributed by atoms with Gasteiger partial charge in [0.15, 0.2) is 11.5 Å². The van der Waals surface area contributed by atoms with Crippen LogP contribution in [0.25, 0.3) is 6.08 Å². The topological polar surface area (TPSA) is 55.8 Å². The Kier molecular flexibility index (Phi) is 7.48. The number of terminal acetylenes is 1. The van der Waals surface area contributed by atoms with E-state index in [9.17, 15) is 9.59 Å². The van der Waals surface area contributed by atoms with Gasteiger partial charge in [-0.25, -0.2) is 0 Å². The lowest BCUT2D eigenvalue weighted by Gasteiger charge is -2.14. The number of nitrogens with zero attached hydrogens (tertiary/aromatic N) is 1. The lowest BCUT2D eigenvalue weighted by molar-refractivity contribution is -0.122. The third-order valence-corrected chi connectivity index (χ3v) is 6.40. The molecule has 0 aromatic heterocycles. The number of hydrogen-bond donors (Lipinski definition) is 0. The van der Waals surface area contributed by atoms with Crippen molar-refractivity contribution >= 4 is 74.2 Å². The molecule has 148 valence electrons. The maximum atomic E-state index is 12.4. The fourth-order valence-electron chi connectivity index (χ4n) is 2.58. The lowest BCUT2D eigenvalue weighted by Crippen LogP contribution is -2.28. The second-order valence-corrected chi connectivity index (χ2v) is 9.32. The number of carbonyl (C=O) groups excluding carboxylic acids is 2. The van der Waals surface area contributed by atoms with Crippen molar-refractivity contribution in [2.45, 2.75) is 6.61 Å². The molecule has 0 spiro atoms.